The number of amides is 1. The number of aromatic nitrogens is 1. The molecule has 0 saturated carbocycles. The molecule has 0 aliphatic carbocycles. The maximum Gasteiger partial charge on any atom is 0.253 e. The zero-order chi connectivity index (χ0) is 12.1. The number of nitrogens with zero attached hydrogens (tertiary/aromatic N) is 1. The molecule has 1 amide bonds. The second-order valence-corrected chi connectivity index (χ2v) is 4.60. The Morgan fingerprint density at radius 1 is 1.41 bits per heavy atom. The predicted octanol–water partition coefficient (Wildman–Crippen LogP) is 1.26. The summed E-state index contributed by atoms with van der Waals surface area (Å²) in [6.07, 6.45) is 6.56. The van der Waals surface area contributed by atoms with E-state index in [2.05, 4.69) is 15.6 Å². The molecule has 1 aliphatic heterocycles. The standard InChI is InChI=1S/C13H19N3O/c1-10-7-11(9-15-8-10)13(17)16-12-3-2-5-14-6-4-12/h7-9,12,14H,2-6H2,1H3,(H,16,17). The molecule has 1 atom stereocenters. The van der Waals surface area contributed by atoms with Crippen molar-refractivity contribution in [1.29, 1.82) is 0 Å². The van der Waals surface area contributed by atoms with Crippen LogP contribution in [0.5, 0.6) is 0 Å². The third-order valence-electron chi connectivity index (χ3n) is 3.05. The Hall–Kier alpha value is -1.42. The number of carbonyl (C=O) groups is 1. The minimum Gasteiger partial charge on any atom is -0.349 e. The molecule has 2 heterocycles. The van der Waals surface area contributed by atoms with E-state index >= 15 is 0 Å². The van der Waals surface area contributed by atoms with E-state index < -0.39 is 0 Å². The van der Waals surface area contributed by atoms with Gasteiger partial charge in [0.25, 0.3) is 5.91 Å². The van der Waals surface area contributed by atoms with Crippen molar-refractivity contribution in [2.75, 3.05) is 13.1 Å². The van der Waals surface area contributed by atoms with Crippen LogP contribution in [-0.2, 0) is 0 Å². The van der Waals surface area contributed by atoms with Gasteiger partial charge in [-0.3, -0.25) is 9.78 Å². The molecule has 0 radical (unpaired) electrons. The fourth-order valence-corrected chi connectivity index (χ4v) is 2.11. The summed E-state index contributed by atoms with van der Waals surface area (Å²) in [7, 11) is 0. The summed E-state index contributed by atoms with van der Waals surface area (Å²) in [5.41, 5.74) is 1.67. The van der Waals surface area contributed by atoms with Crippen molar-refractivity contribution in [1.82, 2.24) is 15.6 Å². The molecule has 1 aromatic rings. The van der Waals surface area contributed by atoms with Gasteiger partial charge in [0.15, 0.2) is 0 Å². The fraction of sp³-hybridized carbons (Fsp3) is 0.538. The summed E-state index contributed by atoms with van der Waals surface area (Å²) in [4.78, 5) is 16.0. The van der Waals surface area contributed by atoms with Gasteiger partial charge in [-0.2, -0.15) is 0 Å². The number of nitrogens with one attached hydrogen (secondary N) is 2. The minimum atomic E-state index is -0.00639. The van der Waals surface area contributed by atoms with Crippen LogP contribution in [0.15, 0.2) is 18.5 Å². The Bertz CT molecular complexity index is 384. The highest BCUT2D eigenvalue weighted by atomic mass is 16.1. The van der Waals surface area contributed by atoms with Gasteiger partial charge in [0.1, 0.15) is 0 Å². The van der Waals surface area contributed by atoms with Crippen molar-refractivity contribution in [2.24, 2.45) is 0 Å². The summed E-state index contributed by atoms with van der Waals surface area (Å²) in [6, 6.07) is 2.16. The number of rotatable bonds is 2. The van der Waals surface area contributed by atoms with E-state index in [4.69, 9.17) is 0 Å². The molecule has 17 heavy (non-hydrogen) atoms. The molecular formula is C13H19N3O. The highest BCUT2D eigenvalue weighted by Crippen LogP contribution is 2.07. The molecule has 2 N–H and O–H groups in total. The topological polar surface area (TPSA) is 54.0 Å². The third-order valence-corrected chi connectivity index (χ3v) is 3.05. The third kappa shape index (κ3) is 3.53. The van der Waals surface area contributed by atoms with Gasteiger partial charge in [0.05, 0.1) is 5.56 Å². The van der Waals surface area contributed by atoms with Crippen molar-refractivity contribution in [2.45, 2.75) is 32.2 Å². The maximum absolute atomic E-state index is 12.0. The van der Waals surface area contributed by atoms with Gasteiger partial charge >= 0.3 is 0 Å². The number of carbonyl (C=O) groups excluding carboxylic acids is 1. The van der Waals surface area contributed by atoms with E-state index in [9.17, 15) is 4.79 Å². The van der Waals surface area contributed by atoms with Crippen molar-refractivity contribution in [3.8, 4) is 0 Å². The summed E-state index contributed by atoms with van der Waals surface area (Å²) < 4.78 is 0. The second-order valence-electron chi connectivity index (χ2n) is 4.60. The average Bonchev–Trinajstić information content (AvgIpc) is 2.57. The first-order valence-electron chi connectivity index (χ1n) is 6.19. The van der Waals surface area contributed by atoms with Gasteiger partial charge < -0.3 is 10.6 Å². The van der Waals surface area contributed by atoms with Crippen molar-refractivity contribution < 1.29 is 4.79 Å². The van der Waals surface area contributed by atoms with E-state index in [0.29, 0.717) is 5.56 Å². The van der Waals surface area contributed by atoms with Crippen LogP contribution < -0.4 is 10.6 Å². The summed E-state index contributed by atoms with van der Waals surface area (Å²) >= 11 is 0. The number of pyridine rings is 1. The Morgan fingerprint density at radius 3 is 3.12 bits per heavy atom. The van der Waals surface area contributed by atoms with Crippen LogP contribution in [0.3, 0.4) is 0 Å². The zero-order valence-electron chi connectivity index (χ0n) is 10.2. The van der Waals surface area contributed by atoms with E-state index in [-0.39, 0.29) is 11.9 Å². The Labute approximate surface area is 102 Å². The molecule has 4 heteroatoms. The molecule has 2 rings (SSSR count). The first kappa shape index (κ1) is 12.0. The SMILES string of the molecule is Cc1cncc(C(=O)NC2CCCNCC2)c1. The van der Waals surface area contributed by atoms with Crippen molar-refractivity contribution in [3.63, 3.8) is 0 Å². The van der Waals surface area contributed by atoms with Crippen LogP contribution in [0.25, 0.3) is 0 Å². The average molecular weight is 233 g/mol. The molecule has 1 saturated heterocycles. The second kappa shape index (κ2) is 5.77. The van der Waals surface area contributed by atoms with E-state index in [0.717, 1.165) is 37.9 Å². The van der Waals surface area contributed by atoms with Crippen LogP contribution in [0.4, 0.5) is 0 Å². The van der Waals surface area contributed by atoms with Crippen molar-refractivity contribution >= 4 is 5.91 Å². The molecule has 1 fully saturated rings. The van der Waals surface area contributed by atoms with E-state index in [1.54, 1.807) is 12.4 Å². The Kier molecular flexibility index (Phi) is 4.09. The van der Waals surface area contributed by atoms with E-state index in [1.807, 2.05) is 13.0 Å². The minimum absolute atomic E-state index is 0.00639. The van der Waals surface area contributed by atoms with Crippen LogP contribution in [0, 0.1) is 6.92 Å². The Morgan fingerprint density at radius 2 is 2.29 bits per heavy atom. The molecule has 1 aromatic heterocycles. The normalized spacial score (nSPS) is 20.6. The van der Waals surface area contributed by atoms with Gasteiger partial charge in [0.2, 0.25) is 0 Å². The monoisotopic (exact) mass is 233 g/mol. The first-order chi connectivity index (χ1) is 8.25. The number of hydrogen-bond donors (Lipinski definition) is 2. The molecule has 0 aromatic carbocycles. The molecule has 0 bridgehead atoms. The Balaban J connectivity index is 1.96. The molecule has 92 valence electrons. The first-order valence-corrected chi connectivity index (χ1v) is 6.19. The zero-order valence-corrected chi connectivity index (χ0v) is 10.2. The molecule has 1 unspecified atom stereocenters. The van der Waals surface area contributed by atoms with Gasteiger partial charge in [-0.15, -0.1) is 0 Å². The molecule has 0 spiro atoms. The van der Waals surface area contributed by atoms with Crippen LogP contribution in [0.1, 0.15) is 35.2 Å². The lowest BCUT2D eigenvalue weighted by Gasteiger charge is -2.15. The molecular weight excluding hydrogens is 214 g/mol. The maximum atomic E-state index is 12.0. The van der Waals surface area contributed by atoms with Gasteiger partial charge in [-0.25, -0.2) is 0 Å². The van der Waals surface area contributed by atoms with Crippen LogP contribution in [-0.4, -0.2) is 30.0 Å². The number of hydrogen-bond acceptors (Lipinski definition) is 3. The molecule has 4 nitrogen and oxygen atoms in total. The quantitative estimate of drug-likeness (QED) is 0.808. The van der Waals surface area contributed by atoms with Crippen LogP contribution >= 0.6 is 0 Å². The molecule has 1 aliphatic rings. The van der Waals surface area contributed by atoms with Gasteiger partial charge in [0, 0.05) is 18.4 Å². The van der Waals surface area contributed by atoms with Crippen molar-refractivity contribution in [3.05, 3.63) is 29.6 Å². The highest BCUT2D eigenvalue weighted by molar-refractivity contribution is 5.94. The summed E-state index contributed by atoms with van der Waals surface area (Å²) in [5, 5.41) is 6.42. The summed E-state index contributed by atoms with van der Waals surface area (Å²) in [6.45, 7) is 3.98. The lowest BCUT2D eigenvalue weighted by Crippen LogP contribution is -2.35. The smallest absolute Gasteiger partial charge is 0.253 e. The summed E-state index contributed by atoms with van der Waals surface area (Å²) in [5.74, 6) is -0.00639. The van der Waals surface area contributed by atoms with Crippen LogP contribution in [0.2, 0.25) is 0 Å². The lowest BCUT2D eigenvalue weighted by atomic mass is 10.1. The fourth-order valence-electron chi connectivity index (χ4n) is 2.11. The van der Waals surface area contributed by atoms with Gasteiger partial charge in [-0.1, -0.05) is 0 Å². The lowest BCUT2D eigenvalue weighted by molar-refractivity contribution is 0.0933. The highest BCUT2D eigenvalue weighted by Gasteiger charge is 2.15. The predicted molar refractivity (Wildman–Crippen MR) is 66.9 cm³/mol. The number of aryl methyl sites for hydroxylation is 1. The van der Waals surface area contributed by atoms with E-state index in [1.165, 1.54) is 0 Å². The largest absolute Gasteiger partial charge is 0.349 e. The van der Waals surface area contributed by atoms with Gasteiger partial charge in [-0.05, 0) is 50.9 Å².